The predicted octanol–water partition coefficient (Wildman–Crippen LogP) is 4.84. The lowest BCUT2D eigenvalue weighted by atomic mass is 10.0. The monoisotopic (exact) mass is 575 g/mol. The normalized spacial score (nSPS) is 23.9. The van der Waals surface area contributed by atoms with E-state index in [0.717, 1.165) is 12.1 Å². The Morgan fingerprint density at radius 1 is 1.05 bits per heavy atom. The molecule has 12 heteroatoms. The minimum Gasteiger partial charge on any atom is -0.472 e. The van der Waals surface area contributed by atoms with Crippen LogP contribution in [0.4, 0.5) is 20.2 Å². The maximum absolute atomic E-state index is 14.8. The number of halogens is 3. The lowest BCUT2D eigenvalue weighted by Gasteiger charge is -2.17. The Morgan fingerprint density at radius 2 is 1.72 bits per heavy atom. The second-order valence-corrected chi connectivity index (χ2v) is 12.9. The number of aliphatic hydroxyl groups is 1. The van der Waals surface area contributed by atoms with Gasteiger partial charge < -0.3 is 19.3 Å². The van der Waals surface area contributed by atoms with Gasteiger partial charge in [-0.2, -0.15) is 4.36 Å². The third-order valence-corrected chi connectivity index (χ3v) is 7.60. The zero-order chi connectivity index (χ0) is 27.5. The smallest absolute Gasteiger partial charge is 0.195 e. The van der Waals surface area contributed by atoms with Gasteiger partial charge >= 0.3 is 0 Å². The minimum absolute atomic E-state index is 0.0197. The first-order valence-corrected chi connectivity index (χ1v) is 14.9. The fourth-order valence-corrected chi connectivity index (χ4v) is 5.86. The molecule has 1 aromatic heterocycles. The van der Waals surface area contributed by atoms with Gasteiger partial charge in [0.15, 0.2) is 12.0 Å². The van der Waals surface area contributed by atoms with Crippen molar-refractivity contribution in [1.29, 1.82) is 0 Å². The first kappa shape index (κ1) is 26.3. The molecule has 39 heavy (non-hydrogen) atoms. The van der Waals surface area contributed by atoms with Crippen LogP contribution in [0.15, 0.2) is 51.8 Å². The summed E-state index contributed by atoms with van der Waals surface area (Å²) < 4.78 is 62.6. The second-order valence-electron chi connectivity index (χ2n) is 9.92. The number of rotatable bonds is 4. The van der Waals surface area contributed by atoms with Crippen LogP contribution in [0.2, 0.25) is 5.02 Å². The zero-order valence-electron chi connectivity index (χ0n) is 20.9. The lowest BCUT2D eigenvalue weighted by Crippen LogP contribution is -2.34. The number of hydrogen-bond acceptors (Lipinski definition) is 8. The maximum Gasteiger partial charge on any atom is 0.195 e. The quantitative estimate of drug-likeness (QED) is 0.478. The van der Waals surface area contributed by atoms with Crippen molar-refractivity contribution in [3.8, 4) is 22.4 Å². The number of aromatic nitrogens is 1. The number of ether oxygens (including phenoxy) is 3. The summed E-state index contributed by atoms with van der Waals surface area (Å²) in [6.07, 6.45) is 1.34. The van der Waals surface area contributed by atoms with Crippen LogP contribution in [0.3, 0.4) is 0 Å². The van der Waals surface area contributed by atoms with Gasteiger partial charge in [-0.25, -0.2) is 23.0 Å². The molecule has 6 rings (SSSR count). The largest absolute Gasteiger partial charge is 0.472 e. The molecule has 3 aromatic rings. The minimum atomic E-state index is -2.56. The zero-order valence-corrected chi connectivity index (χ0v) is 22.5. The first-order chi connectivity index (χ1) is 18.6. The fourth-order valence-electron chi connectivity index (χ4n) is 4.99. The van der Waals surface area contributed by atoms with Gasteiger partial charge in [-0.15, -0.1) is 0 Å². The first-order valence-electron chi connectivity index (χ1n) is 12.2. The topological polar surface area (TPSA) is 103 Å². The third kappa shape index (κ3) is 5.17. The molecule has 0 saturated carbocycles. The molecule has 0 radical (unpaired) electrons. The number of fused-ring (bicyclic) bond motifs is 2. The van der Waals surface area contributed by atoms with E-state index in [1.807, 2.05) is 0 Å². The summed E-state index contributed by atoms with van der Waals surface area (Å²) in [4.78, 5) is 9.20. The molecule has 0 unspecified atom stereocenters. The molecule has 0 aliphatic carbocycles. The average molecular weight is 576 g/mol. The highest BCUT2D eigenvalue weighted by Crippen LogP contribution is 2.37. The summed E-state index contributed by atoms with van der Waals surface area (Å²) in [5.74, 6) is -1.15. The lowest BCUT2D eigenvalue weighted by molar-refractivity contribution is 0.00558. The molecule has 204 valence electrons. The fraction of sp³-hybridized carbons (Fsp3) is 0.333. The van der Waals surface area contributed by atoms with Gasteiger partial charge in [0.25, 0.3) is 0 Å². The van der Waals surface area contributed by atoms with Crippen molar-refractivity contribution in [2.24, 2.45) is 9.36 Å². The van der Waals surface area contributed by atoms with Crippen molar-refractivity contribution in [2.75, 3.05) is 25.7 Å². The summed E-state index contributed by atoms with van der Waals surface area (Å²) in [5, 5.41) is 10.3. The van der Waals surface area contributed by atoms with Crippen LogP contribution >= 0.6 is 11.6 Å². The van der Waals surface area contributed by atoms with Crippen LogP contribution in [0.1, 0.15) is 5.69 Å². The Kier molecular flexibility index (Phi) is 6.67. The van der Waals surface area contributed by atoms with Gasteiger partial charge in [0, 0.05) is 39.9 Å². The van der Waals surface area contributed by atoms with Crippen LogP contribution < -0.4 is 0 Å². The molecule has 8 nitrogen and oxygen atoms in total. The highest BCUT2D eigenvalue weighted by molar-refractivity contribution is 7.92. The molecule has 3 aliphatic rings. The summed E-state index contributed by atoms with van der Waals surface area (Å²) in [6, 6.07) is 10.4. The molecule has 2 fully saturated rings. The van der Waals surface area contributed by atoms with Crippen LogP contribution in [-0.2, 0) is 30.4 Å². The summed E-state index contributed by atoms with van der Waals surface area (Å²) in [6.45, 7) is 0.506. The molecule has 0 amide bonds. The highest BCUT2D eigenvalue weighted by atomic mass is 35.5. The van der Waals surface area contributed by atoms with E-state index in [4.69, 9.17) is 30.8 Å². The van der Waals surface area contributed by atoms with Gasteiger partial charge in [0.05, 0.1) is 53.0 Å². The molecule has 1 N–H and O–H groups in total. The SMILES string of the molecule is CS(C)(=O)=Nc1cc(F)c(-c2ccc(-c3nc4c(cc3Cl)N=C(O[C@@H]3CO[C@H]5[C@@H]3OC[C@H]5O)C4)cc2)c(F)c1. The summed E-state index contributed by atoms with van der Waals surface area (Å²) in [7, 11) is -2.56. The Bertz CT molecular complexity index is 1590. The van der Waals surface area contributed by atoms with Crippen molar-refractivity contribution in [2.45, 2.75) is 30.8 Å². The van der Waals surface area contributed by atoms with Crippen LogP contribution in [-0.4, -0.2) is 70.3 Å². The molecular weight excluding hydrogens is 552 g/mol. The standard InChI is InChI=1S/C27H24ClF2N3O5S/c1-39(2,35)33-15-7-17(29)24(18(30)8-15)13-3-5-14(6-4-13)25-16(28)9-19-20(32-25)10-23(31-19)38-22-12-37-26-21(34)11-36-27(22)26/h3-9,21-22,26-27,34H,10-12H2,1-2H3/t21-,22-,26-,27-/m1/s1. The third-order valence-electron chi connectivity index (χ3n) is 6.66. The molecule has 0 bridgehead atoms. The van der Waals surface area contributed by atoms with Crippen LogP contribution in [0.5, 0.6) is 0 Å². The van der Waals surface area contributed by atoms with E-state index in [9.17, 15) is 18.1 Å². The molecule has 3 aliphatic heterocycles. The van der Waals surface area contributed by atoms with E-state index < -0.39 is 33.6 Å². The van der Waals surface area contributed by atoms with E-state index in [2.05, 4.69) is 9.36 Å². The highest BCUT2D eigenvalue weighted by Gasteiger charge is 2.49. The Labute approximate surface area is 228 Å². The molecule has 2 saturated heterocycles. The van der Waals surface area contributed by atoms with Gasteiger partial charge in [-0.1, -0.05) is 35.9 Å². The number of aliphatic imine (C=N–C) groups is 1. The number of hydrogen-bond donors (Lipinski definition) is 1. The van der Waals surface area contributed by atoms with E-state index in [0.29, 0.717) is 52.2 Å². The van der Waals surface area contributed by atoms with Crippen molar-refractivity contribution in [3.63, 3.8) is 0 Å². The summed E-state index contributed by atoms with van der Waals surface area (Å²) >= 11 is 6.53. The summed E-state index contributed by atoms with van der Waals surface area (Å²) in [5.41, 5.74) is 2.52. The maximum atomic E-state index is 14.8. The van der Waals surface area contributed by atoms with Gasteiger partial charge in [-0.05, 0) is 11.6 Å². The van der Waals surface area contributed by atoms with E-state index in [-0.39, 0.29) is 30.1 Å². The van der Waals surface area contributed by atoms with Crippen molar-refractivity contribution >= 4 is 38.6 Å². The Hall–Kier alpha value is -2.96. The second kappa shape index (κ2) is 9.90. The van der Waals surface area contributed by atoms with E-state index in [1.165, 1.54) is 12.5 Å². The van der Waals surface area contributed by atoms with Crippen LogP contribution in [0.25, 0.3) is 22.4 Å². The number of pyridine rings is 1. The van der Waals surface area contributed by atoms with Gasteiger partial charge in [0.1, 0.15) is 29.9 Å². The average Bonchev–Trinajstić information content (AvgIpc) is 3.54. The number of benzene rings is 2. The number of aliphatic hydroxyl groups excluding tert-OH is 1. The molecular formula is C27H24ClF2N3O5S. The molecule has 0 spiro atoms. The molecule has 2 aromatic carbocycles. The van der Waals surface area contributed by atoms with E-state index in [1.54, 1.807) is 30.3 Å². The molecule has 4 atom stereocenters. The Morgan fingerprint density at radius 3 is 2.41 bits per heavy atom. The van der Waals surface area contributed by atoms with Gasteiger partial charge in [0.2, 0.25) is 0 Å². The number of nitrogens with zero attached hydrogens (tertiary/aromatic N) is 3. The Balaban J connectivity index is 1.21. The van der Waals surface area contributed by atoms with Crippen LogP contribution in [0, 0.1) is 11.6 Å². The van der Waals surface area contributed by atoms with Gasteiger partial charge in [-0.3, -0.25) is 0 Å². The van der Waals surface area contributed by atoms with Crippen molar-refractivity contribution < 1.29 is 32.3 Å². The van der Waals surface area contributed by atoms with E-state index >= 15 is 0 Å². The predicted molar refractivity (Wildman–Crippen MR) is 143 cm³/mol. The molecule has 4 heterocycles. The van der Waals surface area contributed by atoms with Crippen molar-refractivity contribution in [1.82, 2.24) is 4.98 Å². The van der Waals surface area contributed by atoms with Crippen molar-refractivity contribution in [3.05, 3.63) is 64.8 Å².